The Balaban J connectivity index is 1.93. The van der Waals surface area contributed by atoms with Crippen molar-refractivity contribution in [3.8, 4) is 5.75 Å². The van der Waals surface area contributed by atoms with Crippen LogP contribution in [0.5, 0.6) is 5.75 Å². The van der Waals surface area contributed by atoms with Crippen molar-refractivity contribution in [2.45, 2.75) is 6.92 Å². The van der Waals surface area contributed by atoms with E-state index in [1.54, 1.807) is 37.3 Å². The number of nitrogens with one attached hydrogen (secondary N) is 2. The molecule has 0 aliphatic heterocycles. The molecule has 0 unspecified atom stereocenters. The third kappa shape index (κ3) is 4.02. The maximum atomic E-state index is 11.9. The van der Waals surface area contributed by atoms with E-state index < -0.39 is 11.8 Å². The van der Waals surface area contributed by atoms with Crippen molar-refractivity contribution in [2.24, 2.45) is 0 Å². The number of carbonyl (C=O) groups excluding carboxylic acids is 2. The molecule has 1 heterocycles. The van der Waals surface area contributed by atoms with Crippen molar-refractivity contribution < 1.29 is 18.7 Å². The van der Waals surface area contributed by atoms with E-state index in [1.807, 2.05) is 0 Å². The normalized spacial score (nSPS) is 10.1. The van der Waals surface area contributed by atoms with Gasteiger partial charge in [-0.2, -0.15) is 0 Å². The van der Waals surface area contributed by atoms with Crippen molar-refractivity contribution in [1.29, 1.82) is 0 Å². The number of amides is 2. The lowest BCUT2D eigenvalue weighted by atomic mass is 10.3. The second kappa shape index (κ2) is 7.00. The number of hydrogen-bond donors (Lipinski definition) is 2. The Labute approximate surface area is 132 Å². The van der Waals surface area contributed by atoms with Crippen molar-refractivity contribution in [3.05, 3.63) is 46.9 Å². The minimum absolute atomic E-state index is 0.158. The number of carbonyl (C=O) groups is 2. The molecule has 6 nitrogen and oxygen atoms in total. The topological polar surface area (TPSA) is 80.6 Å². The van der Waals surface area contributed by atoms with Gasteiger partial charge in [-0.3, -0.25) is 9.59 Å². The average Bonchev–Trinajstić information content (AvgIpc) is 2.92. The molecule has 1 aromatic heterocycles. The first-order valence-electron chi connectivity index (χ1n) is 6.47. The molecule has 0 saturated carbocycles. The van der Waals surface area contributed by atoms with Crippen LogP contribution in [0.2, 0.25) is 5.02 Å². The first-order valence-corrected chi connectivity index (χ1v) is 6.85. The molecule has 0 saturated heterocycles. The Kier molecular flexibility index (Phi) is 5.06. The molecule has 0 fully saturated rings. The first-order chi connectivity index (χ1) is 10.5. The van der Waals surface area contributed by atoms with E-state index >= 15 is 0 Å². The Bertz CT molecular complexity index is 697. The van der Waals surface area contributed by atoms with E-state index in [-0.39, 0.29) is 12.3 Å². The summed E-state index contributed by atoms with van der Waals surface area (Å²) in [5, 5.41) is 5.55. The quantitative estimate of drug-likeness (QED) is 0.886. The molecule has 22 heavy (non-hydrogen) atoms. The molecule has 7 heteroatoms. The van der Waals surface area contributed by atoms with Crippen LogP contribution in [0.1, 0.15) is 16.3 Å². The summed E-state index contributed by atoms with van der Waals surface area (Å²) in [5.74, 6) is 0.396. The van der Waals surface area contributed by atoms with Gasteiger partial charge >= 0.3 is 0 Å². The average molecular weight is 323 g/mol. The summed E-state index contributed by atoms with van der Waals surface area (Å²) in [6, 6.07) is 8.07. The molecule has 0 aliphatic carbocycles. The van der Waals surface area contributed by atoms with Gasteiger partial charge < -0.3 is 19.8 Å². The van der Waals surface area contributed by atoms with Crippen molar-refractivity contribution >= 4 is 29.1 Å². The number of anilines is 1. The van der Waals surface area contributed by atoms with E-state index in [9.17, 15) is 9.59 Å². The lowest BCUT2D eigenvalue weighted by molar-refractivity contribution is -0.115. The van der Waals surface area contributed by atoms with Crippen LogP contribution in [0.25, 0.3) is 0 Å². The van der Waals surface area contributed by atoms with Crippen molar-refractivity contribution in [1.82, 2.24) is 5.32 Å². The van der Waals surface area contributed by atoms with E-state index in [1.165, 1.54) is 7.11 Å². The number of aryl methyl sites for hydroxylation is 1. The van der Waals surface area contributed by atoms with Crippen LogP contribution in [0, 0.1) is 6.92 Å². The number of rotatable bonds is 5. The predicted molar refractivity (Wildman–Crippen MR) is 82.4 cm³/mol. The molecule has 0 aliphatic rings. The van der Waals surface area contributed by atoms with Gasteiger partial charge in [-0.05, 0) is 37.3 Å². The van der Waals surface area contributed by atoms with Crippen LogP contribution in [0.4, 0.5) is 5.69 Å². The third-order valence-corrected chi connectivity index (χ3v) is 3.04. The second-order valence-corrected chi connectivity index (χ2v) is 4.92. The fourth-order valence-electron chi connectivity index (χ4n) is 1.78. The first kappa shape index (κ1) is 15.9. The highest BCUT2D eigenvalue weighted by Crippen LogP contribution is 2.27. The fourth-order valence-corrected chi connectivity index (χ4v) is 1.95. The molecule has 0 bridgehead atoms. The maximum Gasteiger partial charge on any atom is 0.287 e. The molecular weight excluding hydrogens is 308 g/mol. The summed E-state index contributed by atoms with van der Waals surface area (Å²) in [6.45, 7) is 1.53. The number of ether oxygens (including phenoxy) is 1. The molecule has 1 aromatic carbocycles. The van der Waals surface area contributed by atoms with Crippen LogP contribution in [-0.2, 0) is 4.79 Å². The molecule has 116 valence electrons. The van der Waals surface area contributed by atoms with Gasteiger partial charge in [0.15, 0.2) is 5.76 Å². The van der Waals surface area contributed by atoms with Gasteiger partial charge in [0, 0.05) is 5.02 Å². The molecule has 2 amide bonds. The third-order valence-electron chi connectivity index (χ3n) is 2.81. The standard InChI is InChI=1S/C15H15ClN2O4/c1-9-3-5-13(22-9)15(20)17-8-14(19)18-11-7-10(16)4-6-12(11)21-2/h3-7H,8H2,1-2H3,(H,17,20)(H,18,19). The smallest absolute Gasteiger partial charge is 0.287 e. The minimum Gasteiger partial charge on any atom is -0.495 e. The van der Waals surface area contributed by atoms with Gasteiger partial charge in [0.25, 0.3) is 5.91 Å². The van der Waals surface area contributed by atoms with Gasteiger partial charge in [0.2, 0.25) is 5.91 Å². The number of hydrogen-bond acceptors (Lipinski definition) is 4. The van der Waals surface area contributed by atoms with Crippen LogP contribution >= 0.6 is 11.6 Å². The van der Waals surface area contributed by atoms with Gasteiger partial charge in [0.05, 0.1) is 19.3 Å². The highest BCUT2D eigenvalue weighted by Gasteiger charge is 2.13. The van der Waals surface area contributed by atoms with Crippen LogP contribution in [0.15, 0.2) is 34.7 Å². The van der Waals surface area contributed by atoms with Gasteiger partial charge in [-0.1, -0.05) is 11.6 Å². The Hall–Kier alpha value is -2.47. The summed E-state index contributed by atoms with van der Waals surface area (Å²) < 4.78 is 10.3. The summed E-state index contributed by atoms with van der Waals surface area (Å²) in [6.07, 6.45) is 0. The zero-order chi connectivity index (χ0) is 16.1. The SMILES string of the molecule is COc1ccc(Cl)cc1NC(=O)CNC(=O)c1ccc(C)o1. The number of halogens is 1. The van der Waals surface area contributed by atoms with E-state index in [4.69, 9.17) is 20.8 Å². The van der Waals surface area contributed by atoms with Crippen LogP contribution < -0.4 is 15.4 Å². The van der Waals surface area contributed by atoms with Gasteiger partial charge in [-0.25, -0.2) is 0 Å². The zero-order valence-corrected chi connectivity index (χ0v) is 12.9. The summed E-state index contributed by atoms with van der Waals surface area (Å²) in [4.78, 5) is 23.6. The molecule has 0 radical (unpaired) electrons. The highest BCUT2D eigenvalue weighted by atomic mass is 35.5. The molecule has 0 spiro atoms. The van der Waals surface area contributed by atoms with E-state index in [0.29, 0.717) is 22.2 Å². The Morgan fingerprint density at radius 3 is 2.68 bits per heavy atom. The van der Waals surface area contributed by atoms with Gasteiger partial charge in [0.1, 0.15) is 11.5 Å². The largest absolute Gasteiger partial charge is 0.495 e. The zero-order valence-electron chi connectivity index (χ0n) is 12.1. The molecule has 2 N–H and O–H groups in total. The lowest BCUT2D eigenvalue weighted by Gasteiger charge is -2.10. The lowest BCUT2D eigenvalue weighted by Crippen LogP contribution is -2.32. The Morgan fingerprint density at radius 1 is 1.27 bits per heavy atom. The minimum atomic E-state index is -0.457. The molecular formula is C15H15ClN2O4. The monoisotopic (exact) mass is 322 g/mol. The number of furan rings is 1. The van der Waals surface area contributed by atoms with Crippen LogP contribution in [-0.4, -0.2) is 25.5 Å². The molecule has 2 rings (SSSR count). The molecule has 2 aromatic rings. The predicted octanol–water partition coefficient (Wildman–Crippen LogP) is 2.62. The van der Waals surface area contributed by atoms with E-state index in [0.717, 1.165) is 0 Å². The van der Waals surface area contributed by atoms with Gasteiger partial charge in [-0.15, -0.1) is 0 Å². The highest BCUT2D eigenvalue weighted by molar-refractivity contribution is 6.31. The van der Waals surface area contributed by atoms with E-state index in [2.05, 4.69) is 10.6 Å². The second-order valence-electron chi connectivity index (χ2n) is 4.49. The molecule has 0 atom stereocenters. The Morgan fingerprint density at radius 2 is 2.05 bits per heavy atom. The van der Waals surface area contributed by atoms with Crippen molar-refractivity contribution in [2.75, 3.05) is 19.0 Å². The van der Waals surface area contributed by atoms with Crippen molar-refractivity contribution in [3.63, 3.8) is 0 Å². The summed E-state index contributed by atoms with van der Waals surface area (Å²) >= 11 is 5.88. The maximum absolute atomic E-state index is 11.9. The number of methoxy groups -OCH3 is 1. The number of benzene rings is 1. The summed E-state index contributed by atoms with van der Waals surface area (Å²) in [5.41, 5.74) is 0.433. The van der Waals surface area contributed by atoms with Crippen LogP contribution in [0.3, 0.4) is 0 Å². The summed E-state index contributed by atoms with van der Waals surface area (Å²) in [7, 11) is 1.49. The fraction of sp³-hybridized carbons (Fsp3) is 0.200.